The Balaban J connectivity index is 2.16. The van der Waals surface area contributed by atoms with Crippen LogP contribution in [0.25, 0.3) is 0 Å². The number of fused-ring (bicyclic) bond motifs is 4. The van der Waals surface area contributed by atoms with Crippen LogP contribution in [0.5, 0.6) is 0 Å². The summed E-state index contributed by atoms with van der Waals surface area (Å²) in [7, 11) is 0. The van der Waals surface area contributed by atoms with Crippen LogP contribution in [0.15, 0.2) is 11.6 Å². The molecule has 0 heterocycles. The summed E-state index contributed by atoms with van der Waals surface area (Å²) in [5, 5.41) is 0. The SMILES string of the molecule is CC(C)CC(=CC(=O)C1(C)CC(C)CC2CC(C2)C1)C(C)C. The minimum atomic E-state index is -0.118. The molecular weight excluding hydrogens is 268 g/mol. The maximum Gasteiger partial charge on any atom is 0.161 e. The molecule has 126 valence electrons. The number of hydrogen-bond acceptors (Lipinski definition) is 1. The fourth-order valence-electron chi connectivity index (χ4n) is 4.85. The third-order valence-corrected chi connectivity index (χ3v) is 5.90. The van der Waals surface area contributed by atoms with E-state index >= 15 is 0 Å². The first kappa shape index (κ1) is 17.8. The first-order valence-corrected chi connectivity index (χ1v) is 9.44. The molecule has 0 aromatic rings. The van der Waals surface area contributed by atoms with Gasteiger partial charge in [-0.15, -0.1) is 0 Å². The van der Waals surface area contributed by atoms with E-state index < -0.39 is 0 Å². The van der Waals surface area contributed by atoms with Crippen molar-refractivity contribution in [3.8, 4) is 0 Å². The lowest BCUT2D eigenvalue weighted by atomic mass is 9.58. The maximum absolute atomic E-state index is 13.1. The van der Waals surface area contributed by atoms with Gasteiger partial charge < -0.3 is 0 Å². The Morgan fingerprint density at radius 1 is 1.09 bits per heavy atom. The Labute approximate surface area is 137 Å². The zero-order valence-electron chi connectivity index (χ0n) is 15.6. The highest BCUT2D eigenvalue weighted by Gasteiger charge is 2.43. The molecule has 3 aliphatic carbocycles. The first-order valence-electron chi connectivity index (χ1n) is 9.44. The van der Waals surface area contributed by atoms with Crippen LogP contribution in [-0.4, -0.2) is 5.78 Å². The molecule has 0 aromatic heterocycles. The van der Waals surface area contributed by atoms with Crippen LogP contribution >= 0.6 is 0 Å². The van der Waals surface area contributed by atoms with Crippen molar-refractivity contribution in [3.63, 3.8) is 0 Å². The number of carbonyl (C=O) groups is 1. The minimum absolute atomic E-state index is 0.118. The lowest BCUT2D eigenvalue weighted by molar-refractivity contribution is -0.127. The molecule has 3 saturated carbocycles. The predicted molar refractivity (Wildman–Crippen MR) is 94.7 cm³/mol. The molecule has 22 heavy (non-hydrogen) atoms. The molecule has 0 saturated heterocycles. The largest absolute Gasteiger partial charge is 0.294 e. The quantitative estimate of drug-likeness (QED) is 0.566. The van der Waals surface area contributed by atoms with Gasteiger partial charge in [0.15, 0.2) is 5.78 Å². The summed E-state index contributed by atoms with van der Waals surface area (Å²) in [6.07, 6.45) is 9.39. The van der Waals surface area contributed by atoms with Gasteiger partial charge in [0.05, 0.1) is 0 Å². The molecule has 2 bridgehead atoms. The Bertz CT molecular complexity index is 421. The van der Waals surface area contributed by atoms with Crippen molar-refractivity contribution in [1.82, 2.24) is 0 Å². The highest BCUT2D eigenvalue weighted by Crippen LogP contribution is 2.50. The van der Waals surface area contributed by atoms with Gasteiger partial charge in [0.2, 0.25) is 0 Å². The molecule has 0 spiro atoms. The molecule has 1 heteroatoms. The van der Waals surface area contributed by atoms with Gasteiger partial charge in [0.1, 0.15) is 0 Å². The number of ketones is 1. The zero-order chi connectivity index (χ0) is 16.5. The van der Waals surface area contributed by atoms with Gasteiger partial charge in [-0.25, -0.2) is 0 Å². The third-order valence-electron chi connectivity index (χ3n) is 5.90. The van der Waals surface area contributed by atoms with Crippen LogP contribution < -0.4 is 0 Å². The fraction of sp³-hybridized carbons (Fsp3) is 0.857. The molecule has 3 rings (SSSR count). The maximum atomic E-state index is 13.1. The molecule has 0 aliphatic heterocycles. The summed E-state index contributed by atoms with van der Waals surface area (Å²) in [4.78, 5) is 13.1. The second kappa shape index (κ2) is 6.89. The summed E-state index contributed by atoms with van der Waals surface area (Å²) in [5.74, 6) is 3.98. The monoisotopic (exact) mass is 304 g/mol. The van der Waals surface area contributed by atoms with E-state index in [0.29, 0.717) is 23.5 Å². The van der Waals surface area contributed by atoms with Gasteiger partial charge in [-0.3, -0.25) is 4.79 Å². The van der Waals surface area contributed by atoms with Crippen LogP contribution in [0.1, 0.15) is 80.1 Å². The molecule has 0 radical (unpaired) electrons. The Kier molecular flexibility index (Phi) is 5.56. The number of hydrogen-bond donors (Lipinski definition) is 0. The van der Waals surface area contributed by atoms with Crippen molar-refractivity contribution in [2.45, 2.75) is 80.1 Å². The molecule has 3 aliphatic rings. The van der Waals surface area contributed by atoms with Gasteiger partial charge >= 0.3 is 0 Å². The molecule has 2 unspecified atom stereocenters. The van der Waals surface area contributed by atoms with Gasteiger partial charge in [0, 0.05) is 5.41 Å². The summed E-state index contributed by atoms with van der Waals surface area (Å²) in [6, 6.07) is 0. The average Bonchev–Trinajstić information content (AvgIpc) is 2.31. The molecular formula is C21H36O. The van der Waals surface area contributed by atoms with E-state index in [4.69, 9.17) is 0 Å². The Morgan fingerprint density at radius 3 is 2.27 bits per heavy atom. The highest BCUT2D eigenvalue weighted by molar-refractivity contribution is 5.95. The van der Waals surface area contributed by atoms with E-state index in [9.17, 15) is 4.79 Å². The van der Waals surface area contributed by atoms with Gasteiger partial charge in [-0.2, -0.15) is 0 Å². The average molecular weight is 305 g/mol. The second-order valence-corrected chi connectivity index (χ2v) is 9.35. The molecule has 0 amide bonds. The third kappa shape index (κ3) is 4.24. The van der Waals surface area contributed by atoms with E-state index in [0.717, 1.165) is 31.1 Å². The molecule has 1 nitrogen and oxygen atoms in total. The second-order valence-electron chi connectivity index (χ2n) is 9.35. The lowest BCUT2D eigenvalue weighted by Gasteiger charge is -2.46. The van der Waals surface area contributed by atoms with E-state index in [2.05, 4.69) is 41.5 Å². The standard InChI is InChI=1S/C21H36O/c1-14(2)7-19(15(3)4)11-20(22)21(6)12-16(5)8-17-9-18(10-17)13-21/h11,14-18H,7-10,12-13H2,1-6H3. The molecule has 2 atom stereocenters. The van der Waals surface area contributed by atoms with Gasteiger partial charge in [-0.1, -0.05) is 47.1 Å². The number of carbonyl (C=O) groups excluding carboxylic acids is 1. The van der Waals surface area contributed by atoms with Crippen molar-refractivity contribution in [2.24, 2.45) is 35.0 Å². The van der Waals surface area contributed by atoms with Gasteiger partial charge in [-0.05, 0) is 74.2 Å². The van der Waals surface area contributed by atoms with Crippen LogP contribution in [0.2, 0.25) is 0 Å². The van der Waals surface area contributed by atoms with E-state index in [1.165, 1.54) is 24.8 Å². The van der Waals surface area contributed by atoms with E-state index in [1.54, 1.807) is 0 Å². The van der Waals surface area contributed by atoms with Crippen LogP contribution in [0.3, 0.4) is 0 Å². The Hall–Kier alpha value is -0.590. The summed E-state index contributed by atoms with van der Waals surface area (Å²) in [5.41, 5.74) is 1.23. The van der Waals surface area contributed by atoms with E-state index in [-0.39, 0.29) is 5.41 Å². The minimum Gasteiger partial charge on any atom is -0.294 e. The molecule has 0 aromatic carbocycles. The van der Waals surface area contributed by atoms with E-state index in [1.807, 2.05) is 6.08 Å². The zero-order valence-corrected chi connectivity index (χ0v) is 15.6. The number of rotatable bonds is 5. The summed E-state index contributed by atoms with van der Waals surface area (Å²) in [6.45, 7) is 13.5. The fourth-order valence-corrected chi connectivity index (χ4v) is 4.85. The topological polar surface area (TPSA) is 17.1 Å². The predicted octanol–water partition coefficient (Wildman–Crippen LogP) is 6.04. The summed E-state index contributed by atoms with van der Waals surface area (Å²) >= 11 is 0. The highest BCUT2D eigenvalue weighted by atomic mass is 16.1. The van der Waals surface area contributed by atoms with Crippen molar-refractivity contribution in [1.29, 1.82) is 0 Å². The normalized spacial score (nSPS) is 36.0. The van der Waals surface area contributed by atoms with Crippen LogP contribution in [0, 0.1) is 35.0 Å². The Morgan fingerprint density at radius 2 is 1.73 bits per heavy atom. The summed E-state index contributed by atoms with van der Waals surface area (Å²) < 4.78 is 0. The van der Waals surface area contributed by atoms with Crippen LogP contribution in [-0.2, 0) is 4.79 Å². The van der Waals surface area contributed by atoms with Crippen molar-refractivity contribution in [2.75, 3.05) is 0 Å². The van der Waals surface area contributed by atoms with Crippen LogP contribution in [0.4, 0.5) is 0 Å². The molecule has 0 N–H and O–H groups in total. The number of allylic oxidation sites excluding steroid dienone is 2. The smallest absolute Gasteiger partial charge is 0.161 e. The van der Waals surface area contributed by atoms with Crippen molar-refractivity contribution < 1.29 is 4.79 Å². The van der Waals surface area contributed by atoms with Crippen molar-refractivity contribution >= 4 is 5.78 Å². The first-order chi connectivity index (χ1) is 10.2. The van der Waals surface area contributed by atoms with Gasteiger partial charge in [0.25, 0.3) is 0 Å². The lowest BCUT2D eigenvalue weighted by Crippen LogP contribution is -2.39. The van der Waals surface area contributed by atoms with Crippen molar-refractivity contribution in [3.05, 3.63) is 11.6 Å². The molecule has 3 fully saturated rings.